The molecule has 0 amide bonds. The summed E-state index contributed by atoms with van der Waals surface area (Å²) in [5.74, 6) is 1.18. The van der Waals surface area contributed by atoms with E-state index in [1.165, 1.54) is 63.0 Å². The molecule has 2 aliphatic rings. The van der Waals surface area contributed by atoms with E-state index in [2.05, 4.69) is 31.2 Å². The lowest BCUT2D eigenvalue weighted by atomic mass is 9.70. The first-order valence-corrected chi connectivity index (χ1v) is 12.5. The van der Waals surface area contributed by atoms with Gasteiger partial charge in [-0.2, -0.15) is 4.39 Å². The topological polar surface area (TPSA) is 9.23 Å². The minimum Gasteiger partial charge on any atom is -0.491 e. The molecule has 3 heteroatoms. The average molecular weight is 439 g/mol. The summed E-state index contributed by atoms with van der Waals surface area (Å²) in [5, 5.41) is 0. The number of allylic oxidation sites excluding steroid dienone is 2. The van der Waals surface area contributed by atoms with Gasteiger partial charge in [0.25, 0.3) is 0 Å². The highest BCUT2D eigenvalue weighted by atomic mass is 19.2. The van der Waals surface area contributed by atoms with Crippen LogP contribution < -0.4 is 4.74 Å². The SMILES string of the molecule is CCCC1C=CC(C2CCC(c3ccc(-c4ccc(OCC)c(F)c4F)cc3)CC2)CC1. The first-order chi connectivity index (χ1) is 15.6. The molecule has 1 nitrogen and oxygen atoms in total. The van der Waals surface area contributed by atoms with Crippen LogP contribution in [-0.2, 0) is 0 Å². The van der Waals surface area contributed by atoms with E-state index in [1.54, 1.807) is 13.0 Å². The van der Waals surface area contributed by atoms with Crippen LogP contribution in [0.5, 0.6) is 5.75 Å². The summed E-state index contributed by atoms with van der Waals surface area (Å²) in [5.41, 5.74) is 2.31. The number of ether oxygens (including phenoxy) is 1. The van der Waals surface area contributed by atoms with Crippen molar-refractivity contribution in [1.29, 1.82) is 0 Å². The van der Waals surface area contributed by atoms with Crippen LogP contribution >= 0.6 is 0 Å². The fourth-order valence-electron chi connectivity index (χ4n) is 5.74. The van der Waals surface area contributed by atoms with E-state index in [-0.39, 0.29) is 11.3 Å². The van der Waals surface area contributed by atoms with E-state index in [9.17, 15) is 8.78 Å². The van der Waals surface area contributed by atoms with E-state index < -0.39 is 11.6 Å². The van der Waals surface area contributed by atoms with Crippen molar-refractivity contribution < 1.29 is 13.5 Å². The fourth-order valence-corrected chi connectivity index (χ4v) is 5.74. The van der Waals surface area contributed by atoms with Crippen molar-refractivity contribution in [1.82, 2.24) is 0 Å². The molecule has 2 unspecified atom stereocenters. The van der Waals surface area contributed by atoms with Gasteiger partial charge in [-0.1, -0.05) is 49.8 Å². The molecule has 1 saturated carbocycles. The van der Waals surface area contributed by atoms with Crippen LogP contribution in [0.25, 0.3) is 11.1 Å². The second-order valence-corrected chi connectivity index (χ2v) is 9.58. The van der Waals surface area contributed by atoms with Crippen LogP contribution in [0.2, 0.25) is 0 Å². The Kier molecular flexibility index (Phi) is 7.65. The quantitative estimate of drug-likeness (QED) is 0.393. The van der Waals surface area contributed by atoms with Gasteiger partial charge in [-0.3, -0.25) is 0 Å². The molecule has 0 heterocycles. The Morgan fingerprint density at radius 1 is 0.812 bits per heavy atom. The van der Waals surface area contributed by atoms with Crippen molar-refractivity contribution in [3.63, 3.8) is 0 Å². The Labute approximate surface area is 191 Å². The predicted molar refractivity (Wildman–Crippen MR) is 128 cm³/mol. The number of halogens is 2. The van der Waals surface area contributed by atoms with Crippen LogP contribution in [0.4, 0.5) is 8.78 Å². The Hall–Kier alpha value is -2.16. The Bertz CT molecular complexity index is 909. The fraction of sp³-hybridized carbons (Fsp3) is 0.517. The maximum Gasteiger partial charge on any atom is 0.201 e. The first-order valence-electron chi connectivity index (χ1n) is 12.5. The monoisotopic (exact) mass is 438 g/mol. The molecule has 2 aromatic rings. The largest absolute Gasteiger partial charge is 0.491 e. The molecule has 0 aliphatic heterocycles. The normalized spacial score (nSPS) is 25.6. The van der Waals surface area contributed by atoms with Crippen LogP contribution in [0, 0.1) is 29.4 Å². The minimum atomic E-state index is -0.912. The van der Waals surface area contributed by atoms with Crippen molar-refractivity contribution >= 4 is 0 Å². The third-order valence-electron chi connectivity index (χ3n) is 7.58. The van der Waals surface area contributed by atoms with E-state index in [0.717, 1.165) is 17.8 Å². The zero-order valence-electron chi connectivity index (χ0n) is 19.5. The Balaban J connectivity index is 1.37. The molecule has 0 N–H and O–H groups in total. The molecule has 2 aromatic carbocycles. The summed E-state index contributed by atoms with van der Waals surface area (Å²) in [6.07, 6.45) is 15.4. The zero-order valence-corrected chi connectivity index (χ0v) is 19.5. The van der Waals surface area contributed by atoms with Crippen LogP contribution in [0.1, 0.15) is 76.7 Å². The molecule has 32 heavy (non-hydrogen) atoms. The van der Waals surface area contributed by atoms with Crippen molar-refractivity contribution in [2.24, 2.45) is 17.8 Å². The molecule has 0 radical (unpaired) electrons. The number of hydrogen-bond donors (Lipinski definition) is 0. The van der Waals surface area contributed by atoms with Gasteiger partial charge >= 0.3 is 0 Å². The zero-order chi connectivity index (χ0) is 22.5. The molecular formula is C29H36F2O. The Morgan fingerprint density at radius 2 is 1.56 bits per heavy atom. The molecule has 0 bridgehead atoms. The van der Waals surface area contributed by atoms with E-state index in [0.29, 0.717) is 18.1 Å². The van der Waals surface area contributed by atoms with Gasteiger partial charge in [0, 0.05) is 5.56 Å². The summed E-state index contributed by atoms with van der Waals surface area (Å²) in [7, 11) is 0. The predicted octanol–water partition coefficient (Wildman–Crippen LogP) is 8.69. The average Bonchev–Trinajstić information content (AvgIpc) is 2.83. The molecule has 1 fully saturated rings. The highest BCUT2D eigenvalue weighted by Crippen LogP contribution is 2.42. The van der Waals surface area contributed by atoms with Crippen molar-refractivity contribution in [3.8, 4) is 16.9 Å². The van der Waals surface area contributed by atoms with Crippen LogP contribution in [0.3, 0.4) is 0 Å². The van der Waals surface area contributed by atoms with Gasteiger partial charge in [0.2, 0.25) is 5.82 Å². The van der Waals surface area contributed by atoms with Gasteiger partial charge in [0.05, 0.1) is 6.61 Å². The molecule has 2 aliphatic carbocycles. The molecular weight excluding hydrogens is 402 g/mol. The van der Waals surface area contributed by atoms with Gasteiger partial charge in [-0.25, -0.2) is 4.39 Å². The number of rotatable bonds is 7. The summed E-state index contributed by atoms with van der Waals surface area (Å²) >= 11 is 0. The summed E-state index contributed by atoms with van der Waals surface area (Å²) in [6, 6.07) is 11.2. The highest BCUT2D eigenvalue weighted by Gasteiger charge is 2.29. The van der Waals surface area contributed by atoms with Gasteiger partial charge in [0.15, 0.2) is 11.6 Å². The van der Waals surface area contributed by atoms with E-state index in [4.69, 9.17) is 4.74 Å². The highest BCUT2D eigenvalue weighted by molar-refractivity contribution is 5.65. The van der Waals surface area contributed by atoms with Gasteiger partial charge in [0.1, 0.15) is 0 Å². The Morgan fingerprint density at radius 3 is 2.19 bits per heavy atom. The number of benzene rings is 2. The third-order valence-corrected chi connectivity index (χ3v) is 7.58. The molecule has 0 spiro atoms. The smallest absolute Gasteiger partial charge is 0.201 e. The van der Waals surface area contributed by atoms with Crippen molar-refractivity contribution in [3.05, 3.63) is 65.7 Å². The van der Waals surface area contributed by atoms with Crippen LogP contribution in [-0.4, -0.2) is 6.61 Å². The maximum atomic E-state index is 14.6. The standard InChI is InChI=1S/C29H36F2O/c1-3-5-20-6-8-21(9-7-20)22-10-12-23(13-11-22)24-14-16-25(17-15-24)26-18-19-27(32-4-2)29(31)28(26)30/h6,8,14-23H,3-5,7,9-13H2,1-2H3. The van der Waals surface area contributed by atoms with Crippen molar-refractivity contribution in [2.75, 3.05) is 6.61 Å². The third kappa shape index (κ3) is 5.08. The summed E-state index contributed by atoms with van der Waals surface area (Å²) < 4.78 is 34.0. The van der Waals surface area contributed by atoms with Crippen LogP contribution in [0.15, 0.2) is 48.6 Å². The second kappa shape index (κ2) is 10.6. The lowest BCUT2D eigenvalue weighted by Gasteiger charge is -2.35. The lowest BCUT2D eigenvalue weighted by Crippen LogP contribution is -2.22. The lowest BCUT2D eigenvalue weighted by molar-refractivity contribution is 0.239. The molecule has 2 atom stereocenters. The number of hydrogen-bond acceptors (Lipinski definition) is 1. The maximum absolute atomic E-state index is 14.6. The van der Waals surface area contributed by atoms with E-state index >= 15 is 0 Å². The van der Waals surface area contributed by atoms with Gasteiger partial charge in [-0.15, -0.1) is 0 Å². The summed E-state index contributed by atoms with van der Waals surface area (Å²) in [6.45, 7) is 4.34. The van der Waals surface area contributed by atoms with Gasteiger partial charge in [-0.05, 0) is 98.8 Å². The molecule has 172 valence electrons. The molecule has 0 aromatic heterocycles. The minimum absolute atomic E-state index is 0.0316. The van der Waals surface area contributed by atoms with E-state index in [1.807, 2.05) is 12.1 Å². The molecule has 0 saturated heterocycles. The molecule has 4 rings (SSSR count). The second-order valence-electron chi connectivity index (χ2n) is 9.58. The summed E-state index contributed by atoms with van der Waals surface area (Å²) in [4.78, 5) is 0. The first kappa shape index (κ1) is 23.0. The van der Waals surface area contributed by atoms with Gasteiger partial charge < -0.3 is 4.74 Å². The van der Waals surface area contributed by atoms with Crippen molar-refractivity contribution in [2.45, 2.75) is 71.1 Å².